The van der Waals surface area contributed by atoms with E-state index in [1.807, 2.05) is 0 Å². The van der Waals surface area contributed by atoms with Crippen molar-refractivity contribution in [2.75, 3.05) is 13.1 Å². The Hall–Kier alpha value is -0.910. The highest BCUT2D eigenvalue weighted by Gasteiger charge is 2.37. The second kappa shape index (κ2) is 6.07. The number of piperidine rings is 1. The van der Waals surface area contributed by atoms with E-state index in [-0.39, 0.29) is 11.3 Å². The molecule has 1 N–H and O–H groups in total. The van der Waals surface area contributed by atoms with E-state index in [1.54, 1.807) is 0 Å². The van der Waals surface area contributed by atoms with Crippen LogP contribution in [-0.2, 0) is 16.6 Å². The normalized spacial score (nSPS) is 24.1. The van der Waals surface area contributed by atoms with Crippen LogP contribution in [0.25, 0.3) is 0 Å². The van der Waals surface area contributed by atoms with Crippen LogP contribution in [0.15, 0.2) is 24.3 Å². The van der Waals surface area contributed by atoms with Crippen molar-refractivity contribution in [2.45, 2.75) is 50.4 Å². The minimum absolute atomic E-state index is 0.0785. The summed E-state index contributed by atoms with van der Waals surface area (Å²) in [5.41, 5.74) is 2.57. The number of rotatable bonds is 5. The summed E-state index contributed by atoms with van der Waals surface area (Å²) in [5, 5.41) is -0.120. The van der Waals surface area contributed by atoms with Crippen LogP contribution in [0.1, 0.15) is 36.8 Å². The average molecular weight is 308 g/mol. The minimum Gasteiger partial charge on any atom is -0.298 e. The van der Waals surface area contributed by atoms with E-state index in [0.29, 0.717) is 0 Å². The first-order chi connectivity index (χ1) is 10.0. The van der Waals surface area contributed by atoms with Crippen molar-refractivity contribution in [2.24, 2.45) is 0 Å². The van der Waals surface area contributed by atoms with Crippen LogP contribution in [0.5, 0.6) is 0 Å². The lowest BCUT2D eigenvalue weighted by atomic mass is 10.1. The first-order valence-electron chi connectivity index (χ1n) is 7.82. The minimum atomic E-state index is -3.07. The maximum atomic E-state index is 12.0. The van der Waals surface area contributed by atoms with Gasteiger partial charge < -0.3 is 0 Å². The molecule has 1 atom stereocenters. The van der Waals surface area contributed by atoms with Crippen LogP contribution in [0.3, 0.4) is 0 Å². The largest absolute Gasteiger partial charge is 0.298 e. The third-order valence-corrected chi connectivity index (χ3v) is 6.34. The maximum absolute atomic E-state index is 12.0. The molecule has 1 aromatic carbocycles. The topological polar surface area (TPSA) is 49.4 Å². The second-order valence-electron chi connectivity index (χ2n) is 6.42. The summed E-state index contributed by atoms with van der Waals surface area (Å²) >= 11 is 0. The lowest BCUT2D eigenvalue weighted by Gasteiger charge is -2.33. The molecule has 4 nitrogen and oxygen atoms in total. The van der Waals surface area contributed by atoms with Crippen molar-refractivity contribution in [3.05, 3.63) is 35.4 Å². The zero-order valence-corrected chi connectivity index (χ0v) is 13.4. The van der Waals surface area contributed by atoms with Gasteiger partial charge in [-0.3, -0.25) is 4.90 Å². The van der Waals surface area contributed by atoms with Gasteiger partial charge in [0.05, 0.1) is 5.25 Å². The fourth-order valence-electron chi connectivity index (χ4n) is 2.95. The summed E-state index contributed by atoms with van der Waals surface area (Å²) in [6, 6.07) is 8.66. The molecule has 2 aliphatic rings. The maximum Gasteiger partial charge on any atom is 0.214 e. The van der Waals surface area contributed by atoms with Gasteiger partial charge in [0.1, 0.15) is 0 Å². The van der Waals surface area contributed by atoms with E-state index < -0.39 is 10.0 Å². The quantitative estimate of drug-likeness (QED) is 0.905. The van der Waals surface area contributed by atoms with E-state index in [0.717, 1.165) is 45.3 Å². The predicted molar refractivity (Wildman–Crippen MR) is 84.6 cm³/mol. The predicted octanol–water partition coefficient (Wildman–Crippen LogP) is 2.04. The summed E-state index contributed by atoms with van der Waals surface area (Å²) < 4.78 is 27.0. The SMILES string of the molecule is Cc1ccc(CN2CCCC(NS(=O)(=O)C3CC3)C2)cc1. The van der Waals surface area contributed by atoms with Crippen LogP contribution < -0.4 is 4.72 Å². The molecule has 21 heavy (non-hydrogen) atoms. The number of benzene rings is 1. The fraction of sp³-hybridized carbons (Fsp3) is 0.625. The Morgan fingerprint density at radius 1 is 1.19 bits per heavy atom. The third kappa shape index (κ3) is 4.05. The highest BCUT2D eigenvalue weighted by atomic mass is 32.2. The Bertz CT molecular complexity index is 579. The van der Waals surface area contributed by atoms with Crippen LogP contribution in [-0.4, -0.2) is 37.7 Å². The van der Waals surface area contributed by atoms with Gasteiger partial charge in [-0.15, -0.1) is 0 Å². The Morgan fingerprint density at radius 2 is 1.90 bits per heavy atom. The molecule has 0 radical (unpaired) electrons. The van der Waals surface area contributed by atoms with E-state index >= 15 is 0 Å². The zero-order valence-electron chi connectivity index (χ0n) is 12.6. The molecule has 1 heterocycles. The number of likely N-dealkylation sites (tertiary alicyclic amines) is 1. The van der Waals surface area contributed by atoms with Crippen molar-refractivity contribution in [3.8, 4) is 0 Å². The van der Waals surface area contributed by atoms with Gasteiger partial charge in [0.15, 0.2) is 0 Å². The molecule has 0 spiro atoms. The van der Waals surface area contributed by atoms with Crippen LogP contribution in [0.4, 0.5) is 0 Å². The Labute approximate surface area is 127 Å². The van der Waals surface area contributed by atoms with E-state index in [1.165, 1.54) is 11.1 Å². The smallest absolute Gasteiger partial charge is 0.214 e. The molecule has 1 saturated heterocycles. The summed E-state index contributed by atoms with van der Waals surface area (Å²) in [4.78, 5) is 2.36. The highest BCUT2D eigenvalue weighted by Crippen LogP contribution is 2.28. The average Bonchev–Trinajstić information content (AvgIpc) is 3.26. The van der Waals surface area contributed by atoms with Crippen molar-refractivity contribution in [1.29, 1.82) is 0 Å². The molecule has 1 aliphatic heterocycles. The Morgan fingerprint density at radius 3 is 2.57 bits per heavy atom. The molecule has 5 heteroatoms. The molecule has 1 unspecified atom stereocenters. The molecular weight excluding hydrogens is 284 g/mol. The van der Waals surface area contributed by atoms with Gasteiger partial charge in [0.2, 0.25) is 10.0 Å². The van der Waals surface area contributed by atoms with Crippen LogP contribution in [0.2, 0.25) is 0 Å². The summed E-state index contributed by atoms with van der Waals surface area (Å²) in [7, 11) is -3.07. The molecule has 1 aliphatic carbocycles. The van der Waals surface area contributed by atoms with Crippen LogP contribution in [0, 0.1) is 6.92 Å². The van der Waals surface area contributed by atoms with Crippen molar-refractivity contribution in [3.63, 3.8) is 0 Å². The molecule has 3 rings (SSSR count). The van der Waals surface area contributed by atoms with Gasteiger partial charge in [-0.2, -0.15) is 0 Å². The van der Waals surface area contributed by atoms with E-state index in [4.69, 9.17) is 0 Å². The Balaban J connectivity index is 1.56. The second-order valence-corrected chi connectivity index (χ2v) is 8.41. The van der Waals surface area contributed by atoms with Crippen molar-refractivity contribution < 1.29 is 8.42 Å². The number of sulfonamides is 1. The molecule has 2 fully saturated rings. The summed E-state index contributed by atoms with van der Waals surface area (Å²) in [6.07, 6.45) is 3.67. The number of hydrogen-bond donors (Lipinski definition) is 1. The molecule has 1 aromatic rings. The van der Waals surface area contributed by atoms with Gasteiger partial charge in [0.25, 0.3) is 0 Å². The molecule has 116 valence electrons. The first kappa shape index (κ1) is 15.0. The molecule has 0 amide bonds. The van der Waals surface area contributed by atoms with Gasteiger partial charge in [-0.25, -0.2) is 13.1 Å². The standard InChI is InChI=1S/C16H24N2O2S/c1-13-4-6-14(7-5-13)11-18-10-2-3-15(12-18)17-21(19,20)16-8-9-16/h4-7,15-17H,2-3,8-12H2,1H3. The fourth-order valence-corrected chi connectivity index (χ4v) is 4.56. The van der Waals surface area contributed by atoms with Crippen LogP contribution >= 0.6 is 0 Å². The molecule has 1 saturated carbocycles. The highest BCUT2D eigenvalue weighted by molar-refractivity contribution is 7.90. The van der Waals surface area contributed by atoms with Gasteiger partial charge in [-0.05, 0) is 44.7 Å². The van der Waals surface area contributed by atoms with E-state index in [2.05, 4.69) is 40.8 Å². The summed E-state index contributed by atoms with van der Waals surface area (Å²) in [5.74, 6) is 0. The van der Waals surface area contributed by atoms with Gasteiger partial charge >= 0.3 is 0 Å². The van der Waals surface area contributed by atoms with Crippen molar-refractivity contribution in [1.82, 2.24) is 9.62 Å². The summed E-state index contributed by atoms with van der Waals surface area (Å²) in [6.45, 7) is 4.87. The number of hydrogen-bond acceptors (Lipinski definition) is 3. The number of nitrogens with one attached hydrogen (secondary N) is 1. The van der Waals surface area contributed by atoms with E-state index in [9.17, 15) is 8.42 Å². The number of aryl methyl sites for hydroxylation is 1. The van der Waals surface area contributed by atoms with Crippen molar-refractivity contribution >= 4 is 10.0 Å². The van der Waals surface area contributed by atoms with Gasteiger partial charge in [-0.1, -0.05) is 29.8 Å². The monoisotopic (exact) mass is 308 g/mol. The Kier molecular flexibility index (Phi) is 4.33. The van der Waals surface area contributed by atoms with Gasteiger partial charge in [0, 0.05) is 19.1 Å². The number of nitrogens with zero attached hydrogens (tertiary/aromatic N) is 1. The third-order valence-electron chi connectivity index (χ3n) is 4.33. The molecule has 0 bridgehead atoms. The lowest BCUT2D eigenvalue weighted by molar-refractivity contribution is 0.194. The zero-order chi connectivity index (χ0) is 14.9. The lowest BCUT2D eigenvalue weighted by Crippen LogP contribution is -2.48. The first-order valence-corrected chi connectivity index (χ1v) is 9.36. The molecular formula is C16H24N2O2S. The molecule has 0 aromatic heterocycles.